The number of hydrogen-bond donors (Lipinski definition) is 2. The van der Waals surface area contributed by atoms with Crippen LogP contribution in [0.25, 0.3) is 10.9 Å². The quantitative estimate of drug-likeness (QED) is 0.517. The summed E-state index contributed by atoms with van der Waals surface area (Å²) in [5.41, 5.74) is 2.44. The minimum Gasteiger partial charge on any atom is -0.340 e. The highest BCUT2D eigenvalue weighted by Crippen LogP contribution is 2.31. The largest absolute Gasteiger partial charge is 0.340 e. The third-order valence-corrected chi connectivity index (χ3v) is 5.05. The van der Waals surface area contributed by atoms with Gasteiger partial charge < -0.3 is 5.32 Å². The summed E-state index contributed by atoms with van der Waals surface area (Å²) in [6.07, 6.45) is 0. The second-order valence-corrected chi connectivity index (χ2v) is 8.37. The Hall–Kier alpha value is -4.06. The third kappa shape index (κ3) is 4.14. The first-order valence-corrected chi connectivity index (χ1v) is 9.85. The minimum atomic E-state index is -0.443. The van der Waals surface area contributed by atoms with Crippen molar-refractivity contribution >= 4 is 16.8 Å². The van der Waals surface area contributed by atoms with Crippen LogP contribution in [0, 0.1) is 16.7 Å². The molecular weight excluding hydrogens is 392 g/mol. The van der Waals surface area contributed by atoms with Gasteiger partial charge in [-0.05, 0) is 29.2 Å². The van der Waals surface area contributed by atoms with Gasteiger partial charge in [-0.1, -0.05) is 56.3 Å². The lowest BCUT2D eigenvalue weighted by atomic mass is 9.86. The number of nitrogens with one attached hydrogen (secondary N) is 2. The molecule has 0 fully saturated rings. The van der Waals surface area contributed by atoms with Crippen molar-refractivity contribution < 1.29 is 4.79 Å². The number of tetrazole rings is 1. The maximum Gasteiger partial charge on any atom is 0.273 e. The van der Waals surface area contributed by atoms with Crippen molar-refractivity contribution in [3.8, 4) is 6.07 Å². The molecule has 31 heavy (non-hydrogen) atoms. The van der Waals surface area contributed by atoms with Crippen LogP contribution in [0.2, 0.25) is 0 Å². The van der Waals surface area contributed by atoms with E-state index >= 15 is 0 Å². The third-order valence-electron chi connectivity index (χ3n) is 5.05. The number of nitriles is 1. The Bertz CT molecular complexity index is 1240. The normalized spacial score (nSPS) is 12.5. The fraction of sp³-hybridized carbons (Fsp3) is 0.273. The summed E-state index contributed by atoms with van der Waals surface area (Å²) in [4.78, 5) is 13.3. The molecule has 0 aliphatic carbocycles. The number of para-hydroxylation sites is 1. The van der Waals surface area contributed by atoms with Crippen LogP contribution >= 0.6 is 0 Å². The fourth-order valence-electron chi connectivity index (χ4n) is 3.43. The number of aromatic nitrogens is 6. The zero-order chi connectivity index (χ0) is 22.0. The second kappa shape index (κ2) is 7.99. The molecule has 0 saturated heterocycles. The predicted molar refractivity (Wildman–Crippen MR) is 114 cm³/mol. The van der Waals surface area contributed by atoms with Gasteiger partial charge in [0, 0.05) is 5.39 Å². The SMILES string of the molecule is CC(C)(C)[C@H](NC(=O)c1nn(Cc2ccc(C#N)cc2)c2ccccc12)c1nn[nH]n1. The number of nitrogens with zero attached hydrogens (tertiary/aromatic N) is 6. The van der Waals surface area contributed by atoms with Crippen LogP contribution in [-0.4, -0.2) is 36.3 Å². The van der Waals surface area contributed by atoms with Gasteiger partial charge in [0.2, 0.25) is 0 Å². The summed E-state index contributed by atoms with van der Waals surface area (Å²) < 4.78 is 1.80. The van der Waals surface area contributed by atoms with Gasteiger partial charge >= 0.3 is 0 Å². The molecule has 4 aromatic rings. The molecule has 156 valence electrons. The predicted octanol–water partition coefficient (Wildman–Crippen LogP) is 2.99. The van der Waals surface area contributed by atoms with E-state index in [1.54, 1.807) is 16.8 Å². The van der Waals surface area contributed by atoms with Gasteiger partial charge in [0.25, 0.3) is 5.91 Å². The average molecular weight is 414 g/mol. The molecule has 0 aliphatic heterocycles. The van der Waals surface area contributed by atoms with Crippen LogP contribution in [0.3, 0.4) is 0 Å². The van der Waals surface area contributed by atoms with Crippen LogP contribution in [0.1, 0.15) is 54.3 Å². The maximum absolute atomic E-state index is 13.3. The summed E-state index contributed by atoms with van der Waals surface area (Å²) in [6.45, 7) is 6.47. The molecule has 2 heterocycles. The highest BCUT2D eigenvalue weighted by molar-refractivity contribution is 6.05. The Balaban J connectivity index is 1.67. The summed E-state index contributed by atoms with van der Waals surface area (Å²) in [5, 5.41) is 31.6. The zero-order valence-electron chi connectivity index (χ0n) is 17.5. The first kappa shape index (κ1) is 20.2. The summed E-state index contributed by atoms with van der Waals surface area (Å²) >= 11 is 0. The van der Waals surface area contributed by atoms with Crippen LogP contribution in [0.4, 0.5) is 0 Å². The van der Waals surface area contributed by atoms with Gasteiger partial charge in [-0.25, -0.2) is 0 Å². The molecule has 1 amide bonds. The molecule has 2 aromatic heterocycles. The van der Waals surface area contributed by atoms with Gasteiger partial charge in [0.15, 0.2) is 11.5 Å². The number of hydrogen-bond acceptors (Lipinski definition) is 6. The van der Waals surface area contributed by atoms with Crippen molar-refractivity contribution in [1.29, 1.82) is 5.26 Å². The smallest absolute Gasteiger partial charge is 0.273 e. The number of rotatable bonds is 5. The Kier molecular flexibility index (Phi) is 5.21. The Morgan fingerprint density at radius 1 is 1.19 bits per heavy atom. The Morgan fingerprint density at radius 3 is 2.58 bits per heavy atom. The summed E-state index contributed by atoms with van der Waals surface area (Å²) in [7, 11) is 0. The lowest BCUT2D eigenvalue weighted by Gasteiger charge is -2.28. The van der Waals surface area contributed by atoms with Crippen molar-refractivity contribution in [1.82, 2.24) is 35.7 Å². The number of fused-ring (bicyclic) bond motifs is 1. The van der Waals surface area contributed by atoms with E-state index < -0.39 is 6.04 Å². The highest BCUT2D eigenvalue weighted by Gasteiger charge is 2.32. The van der Waals surface area contributed by atoms with Crippen LogP contribution < -0.4 is 5.32 Å². The van der Waals surface area contributed by atoms with Gasteiger partial charge in [0.1, 0.15) is 0 Å². The van der Waals surface area contributed by atoms with Crippen molar-refractivity contribution in [3.05, 3.63) is 71.2 Å². The van der Waals surface area contributed by atoms with E-state index in [4.69, 9.17) is 5.26 Å². The van der Waals surface area contributed by atoms with E-state index in [0.717, 1.165) is 16.5 Å². The number of benzene rings is 2. The lowest BCUT2D eigenvalue weighted by Crippen LogP contribution is -2.37. The molecule has 0 aliphatic rings. The zero-order valence-corrected chi connectivity index (χ0v) is 17.5. The number of aromatic amines is 1. The number of amides is 1. The molecule has 0 saturated carbocycles. The fourth-order valence-corrected chi connectivity index (χ4v) is 3.43. The van der Waals surface area contributed by atoms with Crippen molar-refractivity contribution in [3.63, 3.8) is 0 Å². The standard InChI is InChI=1S/C22H22N8O/c1-22(2,3)19(20-25-28-29-26-20)24-21(31)18-16-6-4-5-7-17(16)30(27-18)13-15-10-8-14(12-23)9-11-15/h4-11,19H,13H2,1-3H3,(H,24,31)(H,25,26,28,29)/t19-/m1/s1. The van der Waals surface area contributed by atoms with E-state index in [-0.39, 0.29) is 11.3 Å². The molecule has 9 heteroatoms. The molecule has 0 radical (unpaired) electrons. The van der Waals surface area contributed by atoms with E-state index in [9.17, 15) is 4.79 Å². The van der Waals surface area contributed by atoms with Gasteiger partial charge in [0.05, 0.1) is 29.7 Å². The van der Waals surface area contributed by atoms with Gasteiger partial charge in [-0.3, -0.25) is 9.48 Å². The van der Waals surface area contributed by atoms with Crippen molar-refractivity contribution in [2.24, 2.45) is 5.41 Å². The van der Waals surface area contributed by atoms with E-state index in [1.807, 2.05) is 57.2 Å². The molecule has 2 N–H and O–H groups in total. The molecule has 0 spiro atoms. The van der Waals surface area contributed by atoms with E-state index in [1.165, 1.54) is 0 Å². The maximum atomic E-state index is 13.3. The molecule has 4 rings (SSSR count). The average Bonchev–Trinajstić information content (AvgIpc) is 3.40. The molecule has 1 atom stereocenters. The number of H-pyrrole nitrogens is 1. The molecule has 9 nitrogen and oxygen atoms in total. The van der Waals surface area contributed by atoms with Gasteiger partial charge in [-0.15, -0.1) is 10.2 Å². The number of carbonyl (C=O) groups excluding carboxylic acids is 1. The molecular formula is C22H22N8O. The first-order valence-electron chi connectivity index (χ1n) is 9.85. The second-order valence-electron chi connectivity index (χ2n) is 8.37. The van der Waals surface area contributed by atoms with Crippen LogP contribution in [-0.2, 0) is 6.54 Å². The van der Waals surface area contributed by atoms with Crippen LogP contribution in [0.5, 0.6) is 0 Å². The van der Waals surface area contributed by atoms with Crippen molar-refractivity contribution in [2.45, 2.75) is 33.4 Å². The summed E-state index contributed by atoms with van der Waals surface area (Å²) in [5.74, 6) is 0.113. The summed E-state index contributed by atoms with van der Waals surface area (Å²) in [6, 6.07) is 16.6. The Morgan fingerprint density at radius 2 is 1.94 bits per heavy atom. The molecule has 2 aromatic carbocycles. The van der Waals surface area contributed by atoms with E-state index in [2.05, 4.69) is 37.1 Å². The first-order chi connectivity index (χ1) is 14.9. The van der Waals surface area contributed by atoms with E-state index in [0.29, 0.717) is 23.6 Å². The molecule has 0 unspecified atom stereocenters. The monoisotopic (exact) mass is 414 g/mol. The Labute approximate surface area is 179 Å². The number of carbonyl (C=O) groups is 1. The topological polar surface area (TPSA) is 125 Å². The lowest BCUT2D eigenvalue weighted by molar-refractivity contribution is 0.0893. The van der Waals surface area contributed by atoms with Crippen LogP contribution in [0.15, 0.2) is 48.5 Å². The highest BCUT2D eigenvalue weighted by atomic mass is 16.2. The van der Waals surface area contributed by atoms with Gasteiger partial charge in [-0.2, -0.15) is 15.6 Å². The minimum absolute atomic E-state index is 0.306. The molecule has 0 bridgehead atoms. The van der Waals surface area contributed by atoms with Crippen molar-refractivity contribution in [2.75, 3.05) is 0 Å².